The predicted molar refractivity (Wildman–Crippen MR) is 83.0 cm³/mol. The highest BCUT2D eigenvalue weighted by atomic mass is 16.5. The van der Waals surface area contributed by atoms with Gasteiger partial charge < -0.3 is 14.8 Å². The zero-order valence-corrected chi connectivity index (χ0v) is 12.1. The molecule has 21 heavy (non-hydrogen) atoms. The molecule has 0 aromatic heterocycles. The zero-order valence-electron chi connectivity index (χ0n) is 12.1. The summed E-state index contributed by atoms with van der Waals surface area (Å²) in [6.45, 7) is 2.96. The standard InChI is InChI=1S/C18H21NO2/c1-3-7-15(8-4-1)13-20-14-17-11-19-12-18(21-17)16-9-5-2-6-10-16/h1-10,17-19H,11-14H2. The molecule has 1 heterocycles. The van der Waals surface area contributed by atoms with Gasteiger partial charge in [0.2, 0.25) is 0 Å². The second-order valence-electron chi connectivity index (χ2n) is 5.32. The van der Waals surface area contributed by atoms with Crippen LogP contribution in [0.3, 0.4) is 0 Å². The van der Waals surface area contributed by atoms with E-state index in [1.165, 1.54) is 11.1 Å². The van der Waals surface area contributed by atoms with Gasteiger partial charge in [0, 0.05) is 13.1 Å². The molecule has 0 amide bonds. The van der Waals surface area contributed by atoms with Gasteiger partial charge in [-0.25, -0.2) is 0 Å². The van der Waals surface area contributed by atoms with Gasteiger partial charge >= 0.3 is 0 Å². The van der Waals surface area contributed by atoms with Gasteiger partial charge in [-0.3, -0.25) is 0 Å². The van der Waals surface area contributed by atoms with Gasteiger partial charge in [0.15, 0.2) is 0 Å². The fraction of sp³-hybridized carbons (Fsp3) is 0.333. The third-order valence-corrected chi connectivity index (χ3v) is 3.65. The number of ether oxygens (including phenoxy) is 2. The van der Waals surface area contributed by atoms with Crippen LogP contribution in [0.2, 0.25) is 0 Å². The Labute approximate surface area is 125 Å². The van der Waals surface area contributed by atoms with E-state index in [-0.39, 0.29) is 12.2 Å². The van der Waals surface area contributed by atoms with Crippen LogP contribution in [-0.2, 0) is 16.1 Å². The lowest BCUT2D eigenvalue weighted by molar-refractivity contribution is -0.0802. The molecule has 1 saturated heterocycles. The molecule has 0 saturated carbocycles. The minimum Gasteiger partial charge on any atom is -0.374 e. The molecule has 0 bridgehead atoms. The fourth-order valence-electron chi connectivity index (χ4n) is 2.55. The molecule has 3 rings (SSSR count). The summed E-state index contributed by atoms with van der Waals surface area (Å²) in [5.41, 5.74) is 2.42. The number of rotatable bonds is 5. The van der Waals surface area contributed by atoms with Crippen LogP contribution in [0.4, 0.5) is 0 Å². The maximum absolute atomic E-state index is 6.12. The normalized spacial score (nSPS) is 22.1. The lowest BCUT2D eigenvalue weighted by atomic mass is 10.1. The Hall–Kier alpha value is -1.68. The summed E-state index contributed by atoms with van der Waals surface area (Å²) in [6.07, 6.45) is 0.220. The molecule has 2 aromatic rings. The van der Waals surface area contributed by atoms with Gasteiger partial charge in [0.25, 0.3) is 0 Å². The zero-order chi connectivity index (χ0) is 14.3. The van der Waals surface area contributed by atoms with Crippen LogP contribution in [-0.4, -0.2) is 25.8 Å². The maximum atomic E-state index is 6.12. The first-order chi connectivity index (χ1) is 10.4. The molecule has 2 aromatic carbocycles. The molecule has 1 aliphatic rings. The highest BCUT2D eigenvalue weighted by Crippen LogP contribution is 2.21. The molecule has 110 valence electrons. The van der Waals surface area contributed by atoms with Gasteiger partial charge in [0.05, 0.1) is 25.4 Å². The molecular weight excluding hydrogens is 262 g/mol. The lowest BCUT2D eigenvalue weighted by Gasteiger charge is -2.31. The second-order valence-corrected chi connectivity index (χ2v) is 5.32. The number of benzene rings is 2. The number of nitrogens with one attached hydrogen (secondary N) is 1. The van der Waals surface area contributed by atoms with Crippen LogP contribution < -0.4 is 5.32 Å². The van der Waals surface area contributed by atoms with Gasteiger partial charge in [-0.15, -0.1) is 0 Å². The first kappa shape index (κ1) is 14.3. The van der Waals surface area contributed by atoms with Crippen LogP contribution >= 0.6 is 0 Å². The second kappa shape index (κ2) is 7.36. The quantitative estimate of drug-likeness (QED) is 0.915. The molecule has 0 spiro atoms. The largest absolute Gasteiger partial charge is 0.374 e. The van der Waals surface area contributed by atoms with Crippen molar-refractivity contribution in [1.82, 2.24) is 5.32 Å². The van der Waals surface area contributed by atoms with Crippen molar-refractivity contribution in [3.63, 3.8) is 0 Å². The molecule has 1 N–H and O–H groups in total. The van der Waals surface area contributed by atoms with E-state index < -0.39 is 0 Å². The molecule has 0 aliphatic carbocycles. The Morgan fingerprint density at radius 2 is 1.67 bits per heavy atom. The van der Waals surface area contributed by atoms with E-state index in [1.807, 2.05) is 36.4 Å². The Kier molecular flexibility index (Phi) is 5.00. The average Bonchev–Trinajstić information content (AvgIpc) is 2.57. The van der Waals surface area contributed by atoms with Crippen molar-refractivity contribution in [2.75, 3.05) is 19.7 Å². The third kappa shape index (κ3) is 4.14. The number of hydrogen-bond acceptors (Lipinski definition) is 3. The summed E-state index contributed by atoms with van der Waals surface area (Å²) in [5, 5.41) is 3.43. The topological polar surface area (TPSA) is 30.5 Å². The molecule has 0 radical (unpaired) electrons. The monoisotopic (exact) mass is 283 g/mol. The molecule has 2 unspecified atom stereocenters. The SMILES string of the molecule is c1ccc(COCC2CNCC(c3ccccc3)O2)cc1. The minimum absolute atomic E-state index is 0.104. The van der Waals surface area contributed by atoms with E-state index >= 15 is 0 Å². The maximum Gasteiger partial charge on any atom is 0.0954 e. The van der Waals surface area contributed by atoms with Crippen molar-refractivity contribution in [3.05, 3.63) is 71.8 Å². The summed E-state index contributed by atoms with van der Waals surface area (Å²) in [7, 11) is 0. The highest BCUT2D eigenvalue weighted by Gasteiger charge is 2.23. The summed E-state index contributed by atoms with van der Waals surface area (Å²) in [6, 6.07) is 20.6. The average molecular weight is 283 g/mol. The van der Waals surface area contributed by atoms with Crippen molar-refractivity contribution in [2.45, 2.75) is 18.8 Å². The molecular formula is C18H21NO2. The van der Waals surface area contributed by atoms with E-state index in [0.717, 1.165) is 13.1 Å². The van der Waals surface area contributed by atoms with Crippen LogP contribution in [0.25, 0.3) is 0 Å². The highest BCUT2D eigenvalue weighted by molar-refractivity contribution is 5.18. The van der Waals surface area contributed by atoms with E-state index in [1.54, 1.807) is 0 Å². The van der Waals surface area contributed by atoms with Crippen LogP contribution in [0.1, 0.15) is 17.2 Å². The van der Waals surface area contributed by atoms with Crippen LogP contribution in [0, 0.1) is 0 Å². The Balaban J connectivity index is 1.48. The van der Waals surface area contributed by atoms with Gasteiger partial charge in [0.1, 0.15) is 0 Å². The molecule has 3 heteroatoms. The predicted octanol–water partition coefficient (Wildman–Crippen LogP) is 2.93. The summed E-state index contributed by atoms with van der Waals surface area (Å²) in [4.78, 5) is 0. The Morgan fingerprint density at radius 3 is 2.43 bits per heavy atom. The van der Waals surface area contributed by atoms with E-state index in [2.05, 4.69) is 29.6 Å². The summed E-state index contributed by atoms with van der Waals surface area (Å²) >= 11 is 0. The van der Waals surface area contributed by atoms with Crippen molar-refractivity contribution in [3.8, 4) is 0 Å². The molecule has 3 nitrogen and oxygen atoms in total. The minimum atomic E-state index is 0.104. The lowest BCUT2D eigenvalue weighted by Crippen LogP contribution is -2.42. The summed E-state index contributed by atoms with van der Waals surface area (Å²) < 4.78 is 11.9. The van der Waals surface area contributed by atoms with Crippen molar-refractivity contribution in [1.29, 1.82) is 0 Å². The van der Waals surface area contributed by atoms with E-state index in [0.29, 0.717) is 13.2 Å². The van der Waals surface area contributed by atoms with Crippen LogP contribution in [0.15, 0.2) is 60.7 Å². The Bertz CT molecular complexity index is 529. The van der Waals surface area contributed by atoms with Crippen molar-refractivity contribution >= 4 is 0 Å². The number of morpholine rings is 1. The first-order valence-corrected chi connectivity index (χ1v) is 7.44. The molecule has 1 fully saturated rings. The van der Waals surface area contributed by atoms with Gasteiger partial charge in [-0.05, 0) is 11.1 Å². The summed E-state index contributed by atoms with van der Waals surface area (Å²) in [5.74, 6) is 0. The molecule has 2 atom stereocenters. The van der Waals surface area contributed by atoms with Crippen LogP contribution in [0.5, 0.6) is 0 Å². The third-order valence-electron chi connectivity index (χ3n) is 3.65. The fourth-order valence-corrected chi connectivity index (χ4v) is 2.55. The van der Waals surface area contributed by atoms with E-state index in [4.69, 9.17) is 9.47 Å². The molecule has 1 aliphatic heterocycles. The van der Waals surface area contributed by atoms with Gasteiger partial charge in [-0.2, -0.15) is 0 Å². The van der Waals surface area contributed by atoms with Gasteiger partial charge in [-0.1, -0.05) is 60.7 Å². The first-order valence-electron chi connectivity index (χ1n) is 7.44. The van der Waals surface area contributed by atoms with E-state index in [9.17, 15) is 0 Å². The number of hydrogen-bond donors (Lipinski definition) is 1. The Morgan fingerprint density at radius 1 is 0.952 bits per heavy atom. The smallest absolute Gasteiger partial charge is 0.0954 e. The van der Waals surface area contributed by atoms with Crippen molar-refractivity contribution in [2.24, 2.45) is 0 Å². The van der Waals surface area contributed by atoms with Crippen molar-refractivity contribution < 1.29 is 9.47 Å².